The van der Waals surface area contributed by atoms with E-state index in [1.807, 2.05) is 0 Å². The molecule has 0 atom stereocenters. The summed E-state index contributed by atoms with van der Waals surface area (Å²) in [4.78, 5) is 39.3. The molecule has 0 aliphatic carbocycles. The number of anilines is 3. The molecule has 0 spiro atoms. The van der Waals surface area contributed by atoms with Crippen molar-refractivity contribution >= 4 is 46.4 Å². The van der Waals surface area contributed by atoms with Crippen molar-refractivity contribution in [1.29, 1.82) is 0 Å². The van der Waals surface area contributed by atoms with Crippen molar-refractivity contribution in [3.63, 3.8) is 0 Å². The molecule has 1 heterocycles. The number of rotatable bonds is 7. The zero-order chi connectivity index (χ0) is 27.6. The van der Waals surface area contributed by atoms with Gasteiger partial charge in [-0.3, -0.25) is 14.4 Å². The summed E-state index contributed by atoms with van der Waals surface area (Å²) in [6, 6.07) is 14.7. The molecule has 3 amide bonds. The van der Waals surface area contributed by atoms with Crippen LogP contribution in [-0.4, -0.2) is 31.9 Å². The molecule has 0 saturated heterocycles. The molecule has 1 aliphatic heterocycles. The van der Waals surface area contributed by atoms with Crippen LogP contribution >= 0.6 is 11.6 Å². The largest absolute Gasteiger partial charge is 0.497 e. The SMILES string of the molecule is COc1ccc(N2C(=O)C(Cl)=C(Nc3ccc(C(=O)Nc4ccccc4C(F)(F)F)cc3)C2=O)c(OC)c1. The zero-order valence-electron chi connectivity index (χ0n) is 19.9. The van der Waals surface area contributed by atoms with Crippen LogP contribution in [0.4, 0.5) is 30.2 Å². The number of imide groups is 1. The van der Waals surface area contributed by atoms with Gasteiger partial charge in [-0.05, 0) is 48.5 Å². The van der Waals surface area contributed by atoms with Crippen molar-refractivity contribution in [2.24, 2.45) is 0 Å². The predicted molar refractivity (Wildman–Crippen MR) is 134 cm³/mol. The van der Waals surface area contributed by atoms with E-state index < -0.39 is 29.5 Å². The van der Waals surface area contributed by atoms with Crippen molar-refractivity contribution in [2.45, 2.75) is 6.18 Å². The maximum atomic E-state index is 13.2. The summed E-state index contributed by atoms with van der Waals surface area (Å²) in [5.41, 5.74) is -1.04. The van der Waals surface area contributed by atoms with E-state index in [0.29, 0.717) is 11.4 Å². The molecular formula is C26H19ClF3N3O5. The molecule has 2 N–H and O–H groups in total. The number of halogens is 4. The Balaban J connectivity index is 1.51. The number of benzene rings is 3. The minimum absolute atomic E-state index is 0.0611. The van der Waals surface area contributed by atoms with E-state index in [9.17, 15) is 27.6 Å². The fourth-order valence-corrected chi connectivity index (χ4v) is 3.90. The van der Waals surface area contributed by atoms with E-state index in [0.717, 1.165) is 17.0 Å². The number of alkyl halides is 3. The smallest absolute Gasteiger partial charge is 0.418 e. The van der Waals surface area contributed by atoms with Crippen LogP contribution in [0.25, 0.3) is 0 Å². The first-order chi connectivity index (χ1) is 18.0. The van der Waals surface area contributed by atoms with Gasteiger partial charge in [0.2, 0.25) is 0 Å². The number of carbonyl (C=O) groups is 3. The number of methoxy groups -OCH3 is 2. The molecule has 4 rings (SSSR count). The Morgan fingerprint density at radius 1 is 0.921 bits per heavy atom. The monoisotopic (exact) mass is 545 g/mol. The standard InChI is InChI=1S/C26H19ClF3N3O5/c1-37-16-11-12-19(20(13-16)38-2)33-24(35)21(27)22(25(33)36)31-15-9-7-14(8-10-15)23(34)32-18-6-4-3-5-17(18)26(28,29)30/h3-13,31H,1-2H3,(H,32,34). The minimum Gasteiger partial charge on any atom is -0.497 e. The predicted octanol–water partition coefficient (Wildman–Crippen LogP) is 5.41. The molecule has 12 heteroatoms. The number of amides is 3. The molecule has 0 fully saturated rings. The van der Waals surface area contributed by atoms with Crippen LogP contribution in [-0.2, 0) is 15.8 Å². The van der Waals surface area contributed by atoms with Crippen LogP contribution in [0.5, 0.6) is 11.5 Å². The van der Waals surface area contributed by atoms with Gasteiger partial charge in [0.15, 0.2) is 0 Å². The van der Waals surface area contributed by atoms with E-state index in [1.54, 1.807) is 6.07 Å². The van der Waals surface area contributed by atoms with E-state index in [2.05, 4.69) is 10.6 Å². The summed E-state index contributed by atoms with van der Waals surface area (Å²) in [6.07, 6.45) is -4.64. The molecule has 3 aromatic carbocycles. The third kappa shape index (κ3) is 5.14. The topological polar surface area (TPSA) is 97.0 Å². The highest BCUT2D eigenvalue weighted by Gasteiger charge is 2.40. The summed E-state index contributed by atoms with van der Waals surface area (Å²) in [6.45, 7) is 0. The lowest BCUT2D eigenvalue weighted by Crippen LogP contribution is -2.32. The number of para-hydroxylation sites is 1. The van der Waals surface area contributed by atoms with E-state index in [-0.39, 0.29) is 33.4 Å². The molecule has 3 aromatic rings. The lowest BCUT2D eigenvalue weighted by molar-refractivity contribution is -0.137. The number of carbonyl (C=O) groups excluding carboxylic acids is 3. The van der Waals surface area contributed by atoms with Crippen molar-refractivity contribution in [1.82, 2.24) is 0 Å². The Hall–Kier alpha value is -4.51. The molecule has 0 aromatic heterocycles. The van der Waals surface area contributed by atoms with Gasteiger partial charge >= 0.3 is 6.18 Å². The summed E-state index contributed by atoms with van der Waals surface area (Å²) in [5.74, 6) is -1.63. The van der Waals surface area contributed by atoms with E-state index >= 15 is 0 Å². The lowest BCUT2D eigenvalue weighted by atomic mass is 10.1. The number of nitrogens with zero attached hydrogens (tertiary/aromatic N) is 1. The fourth-order valence-electron chi connectivity index (χ4n) is 3.68. The van der Waals surface area contributed by atoms with Gasteiger partial charge in [-0.1, -0.05) is 23.7 Å². The van der Waals surface area contributed by atoms with Crippen molar-refractivity contribution in [2.75, 3.05) is 29.8 Å². The van der Waals surface area contributed by atoms with Crippen molar-refractivity contribution in [3.05, 3.63) is 88.6 Å². The van der Waals surface area contributed by atoms with Crippen molar-refractivity contribution < 1.29 is 37.0 Å². The van der Waals surface area contributed by atoms with Gasteiger partial charge < -0.3 is 20.1 Å². The maximum Gasteiger partial charge on any atom is 0.418 e. The normalized spacial score (nSPS) is 13.6. The number of hydrogen-bond acceptors (Lipinski definition) is 6. The Morgan fingerprint density at radius 2 is 1.61 bits per heavy atom. The molecule has 38 heavy (non-hydrogen) atoms. The zero-order valence-corrected chi connectivity index (χ0v) is 20.6. The molecule has 196 valence electrons. The third-order valence-electron chi connectivity index (χ3n) is 5.55. The van der Waals surface area contributed by atoms with Crippen LogP contribution in [0.2, 0.25) is 0 Å². The van der Waals surface area contributed by atoms with Crippen LogP contribution in [0, 0.1) is 0 Å². The highest BCUT2D eigenvalue weighted by Crippen LogP contribution is 2.38. The van der Waals surface area contributed by atoms with Crippen LogP contribution in [0.1, 0.15) is 15.9 Å². The van der Waals surface area contributed by atoms with Gasteiger partial charge in [-0.2, -0.15) is 13.2 Å². The van der Waals surface area contributed by atoms with Gasteiger partial charge in [-0.25, -0.2) is 4.90 Å². The van der Waals surface area contributed by atoms with Gasteiger partial charge in [0.05, 0.1) is 31.2 Å². The number of nitrogens with one attached hydrogen (secondary N) is 2. The molecule has 8 nitrogen and oxygen atoms in total. The molecule has 0 radical (unpaired) electrons. The molecule has 0 unspecified atom stereocenters. The van der Waals surface area contributed by atoms with Gasteiger partial charge in [-0.15, -0.1) is 0 Å². The highest BCUT2D eigenvalue weighted by atomic mass is 35.5. The van der Waals surface area contributed by atoms with Gasteiger partial charge in [0.1, 0.15) is 22.2 Å². The van der Waals surface area contributed by atoms with E-state index in [1.165, 1.54) is 62.8 Å². The Bertz CT molecular complexity index is 1460. The first-order valence-electron chi connectivity index (χ1n) is 10.9. The lowest BCUT2D eigenvalue weighted by Gasteiger charge is -2.18. The summed E-state index contributed by atoms with van der Waals surface area (Å²) in [5, 5.41) is 4.66. The average molecular weight is 546 g/mol. The second kappa shape index (κ2) is 10.5. The highest BCUT2D eigenvalue weighted by molar-refractivity contribution is 6.53. The summed E-state index contributed by atoms with van der Waals surface area (Å²) in [7, 11) is 2.83. The second-order valence-corrected chi connectivity index (χ2v) is 8.25. The molecular weight excluding hydrogens is 527 g/mol. The molecule has 1 aliphatic rings. The second-order valence-electron chi connectivity index (χ2n) is 7.87. The summed E-state index contributed by atoms with van der Waals surface area (Å²) < 4.78 is 50.0. The Morgan fingerprint density at radius 3 is 2.24 bits per heavy atom. The van der Waals surface area contributed by atoms with Crippen LogP contribution < -0.4 is 25.0 Å². The quantitative estimate of drug-likeness (QED) is 0.385. The third-order valence-corrected chi connectivity index (χ3v) is 5.90. The first-order valence-corrected chi connectivity index (χ1v) is 11.3. The molecule has 0 bridgehead atoms. The van der Waals surface area contributed by atoms with Gasteiger partial charge in [0, 0.05) is 17.3 Å². The van der Waals surface area contributed by atoms with Crippen molar-refractivity contribution in [3.8, 4) is 11.5 Å². The Labute approximate surface area is 219 Å². The molecule has 0 saturated carbocycles. The number of ether oxygens (including phenoxy) is 2. The number of hydrogen-bond donors (Lipinski definition) is 2. The van der Waals surface area contributed by atoms with Crippen LogP contribution in [0.15, 0.2) is 77.5 Å². The average Bonchev–Trinajstić information content (AvgIpc) is 3.11. The summed E-state index contributed by atoms with van der Waals surface area (Å²) >= 11 is 6.18. The Kier molecular flexibility index (Phi) is 7.31. The maximum absolute atomic E-state index is 13.2. The first kappa shape index (κ1) is 26.6. The fraction of sp³-hybridized carbons (Fsp3) is 0.115. The van der Waals surface area contributed by atoms with Gasteiger partial charge in [0.25, 0.3) is 17.7 Å². The minimum atomic E-state index is -4.64. The van der Waals surface area contributed by atoms with Crippen LogP contribution in [0.3, 0.4) is 0 Å². The van der Waals surface area contributed by atoms with E-state index in [4.69, 9.17) is 21.1 Å².